The fourth-order valence-electron chi connectivity index (χ4n) is 2.22. The van der Waals surface area contributed by atoms with Crippen molar-refractivity contribution in [2.75, 3.05) is 6.54 Å². The average Bonchev–Trinajstić information content (AvgIpc) is 2.83. The Morgan fingerprint density at radius 3 is 3.00 bits per heavy atom. The Kier molecular flexibility index (Phi) is 4.41. The van der Waals surface area contributed by atoms with Gasteiger partial charge in [-0.2, -0.15) is 0 Å². The summed E-state index contributed by atoms with van der Waals surface area (Å²) in [6.07, 6.45) is 10.8. The Morgan fingerprint density at radius 1 is 1.47 bits per heavy atom. The Morgan fingerprint density at radius 2 is 2.29 bits per heavy atom. The van der Waals surface area contributed by atoms with E-state index in [0.717, 1.165) is 12.2 Å². The number of nitrogens with zero attached hydrogens (tertiary/aromatic N) is 2. The van der Waals surface area contributed by atoms with Crippen molar-refractivity contribution in [2.45, 2.75) is 44.6 Å². The second-order valence-corrected chi connectivity index (χ2v) is 4.53. The van der Waals surface area contributed by atoms with Crippen molar-refractivity contribution in [1.29, 1.82) is 0 Å². The van der Waals surface area contributed by atoms with Crippen molar-refractivity contribution >= 4 is 5.96 Å². The SMILES string of the molecule is NC(=NCCc1ncc[nH]1)NC1CCCCC1. The summed E-state index contributed by atoms with van der Waals surface area (Å²) < 4.78 is 0. The van der Waals surface area contributed by atoms with Crippen LogP contribution >= 0.6 is 0 Å². The molecule has 1 aromatic heterocycles. The molecule has 5 heteroatoms. The molecular formula is C12H21N5. The molecule has 5 nitrogen and oxygen atoms in total. The molecule has 0 aromatic carbocycles. The number of nitrogens with two attached hydrogens (primary N) is 1. The second kappa shape index (κ2) is 6.27. The van der Waals surface area contributed by atoms with E-state index in [9.17, 15) is 0 Å². The molecule has 1 fully saturated rings. The molecule has 1 saturated carbocycles. The van der Waals surface area contributed by atoms with Crippen molar-refractivity contribution in [3.63, 3.8) is 0 Å². The molecule has 1 aliphatic rings. The van der Waals surface area contributed by atoms with Gasteiger partial charge < -0.3 is 16.0 Å². The minimum Gasteiger partial charge on any atom is -0.370 e. The number of guanidine groups is 1. The maximum absolute atomic E-state index is 5.85. The van der Waals surface area contributed by atoms with Gasteiger partial charge in [-0.25, -0.2) is 4.98 Å². The largest absolute Gasteiger partial charge is 0.370 e. The topological polar surface area (TPSA) is 79.1 Å². The van der Waals surface area contributed by atoms with Gasteiger partial charge in [0, 0.05) is 31.4 Å². The highest BCUT2D eigenvalue weighted by atomic mass is 15.1. The molecule has 0 radical (unpaired) electrons. The zero-order valence-corrected chi connectivity index (χ0v) is 10.2. The molecule has 0 saturated heterocycles. The number of H-pyrrole nitrogens is 1. The summed E-state index contributed by atoms with van der Waals surface area (Å²) in [5.74, 6) is 1.53. The minimum atomic E-state index is 0.524. The van der Waals surface area contributed by atoms with Gasteiger partial charge in [0.25, 0.3) is 0 Å². The van der Waals surface area contributed by atoms with Gasteiger partial charge in [0.1, 0.15) is 5.82 Å². The monoisotopic (exact) mass is 235 g/mol. The molecule has 0 aliphatic heterocycles. The maximum Gasteiger partial charge on any atom is 0.188 e. The zero-order valence-electron chi connectivity index (χ0n) is 10.2. The van der Waals surface area contributed by atoms with Crippen molar-refractivity contribution in [2.24, 2.45) is 10.7 Å². The normalized spacial score (nSPS) is 18.2. The van der Waals surface area contributed by atoms with Gasteiger partial charge in [-0.1, -0.05) is 19.3 Å². The highest BCUT2D eigenvalue weighted by molar-refractivity contribution is 5.78. The van der Waals surface area contributed by atoms with Crippen LogP contribution in [0, 0.1) is 0 Å². The van der Waals surface area contributed by atoms with E-state index in [0.29, 0.717) is 18.5 Å². The van der Waals surface area contributed by atoms with E-state index in [1.165, 1.54) is 32.1 Å². The highest BCUT2D eigenvalue weighted by Crippen LogP contribution is 2.16. The summed E-state index contributed by atoms with van der Waals surface area (Å²) in [4.78, 5) is 11.5. The molecule has 0 unspecified atom stereocenters. The summed E-state index contributed by atoms with van der Waals surface area (Å²) >= 11 is 0. The number of hydrogen-bond donors (Lipinski definition) is 3. The first-order chi connectivity index (χ1) is 8.34. The van der Waals surface area contributed by atoms with E-state index < -0.39 is 0 Å². The smallest absolute Gasteiger partial charge is 0.188 e. The predicted molar refractivity (Wildman–Crippen MR) is 68.8 cm³/mol. The minimum absolute atomic E-state index is 0.524. The fraction of sp³-hybridized carbons (Fsp3) is 0.667. The molecule has 0 spiro atoms. The summed E-state index contributed by atoms with van der Waals surface area (Å²) in [5, 5.41) is 3.30. The van der Waals surface area contributed by atoms with Gasteiger partial charge in [-0.3, -0.25) is 4.99 Å². The Labute approximate surface area is 102 Å². The van der Waals surface area contributed by atoms with Crippen molar-refractivity contribution in [1.82, 2.24) is 15.3 Å². The van der Waals surface area contributed by atoms with Crippen molar-refractivity contribution in [3.05, 3.63) is 18.2 Å². The third-order valence-corrected chi connectivity index (χ3v) is 3.14. The van der Waals surface area contributed by atoms with Crippen LogP contribution in [0.3, 0.4) is 0 Å². The first kappa shape index (κ1) is 12.0. The summed E-state index contributed by atoms with van der Waals surface area (Å²) in [6.45, 7) is 0.680. The predicted octanol–water partition coefficient (Wildman–Crippen LogP) is 1.19. The van der Waals surface area contributed by atoms with Crippen LogP contribution in [0.15, 0.2) is 17.4 Å². The molecule has 1 heterocycles. The van der Waals surface area contributed by atoms with E-state index in [2.05, 4.69) is 20.3 Å². The first-order valence-electron chi connectivity index (χ1n) is 6.39. The Balaban J connectivity index is 1.69. The number of nitrogens with one attached hydrogen (secondary N) is 2. The van der Waals surface area contributed by atoms with Crippen LogP contribution in [-0.2, 0) is 6.42 Å². The number of aliphatic imine (C=N–C) groups is 1. The molecule has 17 heavy (non-hydrogen) atoms. The second-order valence-electron chi connectivity index (χ2n) is 4.53. The van der Waals surface area contributed by atoms with E-state index in [1.807, 2.05) is 6.20 Å². The van der Waals surface area contributed by atoms with Crippen LogP contribution in [0.5, 0.6) is 0 Å². The Hall–Kier alpha value is -1.52. The average molecular weight is 235 g/mol. The van der Waals surface area contributed by atoms with Gasteiger partial charge in [-0.05, 0) is 12.8 Å². The number of aromatic nitrogens is 2. The highest BCUT2D eigenvalue weighted by Gasteiger charge is 2.12. The van der Waals surface area contributed by atoms with Gasteiger partial charge in [0.05, 0.1) is 0 Å². The molecule has 1 aromatic rings. The number of aromatic amines is 1. The van der Waals surface area contributed by atoms with Crippen LogP contribution in [0.1, 0.15) is 37.9 Å². The molecular weight excluding hydrogens is 214 g/mol. The number of hydrogen-bond acceptors (Lipinski definition) is 2. The lowest BCUT2D eigenvalue weighted by Crippen LogP contribution is -2.41. The third-order valence-electron chi connectivity index (χ3n) is 3.14. The maximum atomic E-state index is 5.85. The van der Waals surface area contributed by atoms with E-state index >= 15 is 0 Å². The lowest BCUT2D eigenvalue weighted by atomic mass is 9.96. The lowest BCUT2D eigenvalue weighted by molar-refractivity contribution is 0.412. The molecule has 0 atom stereocenters. The van der Waals surface area contributed by atoms with Crippen molar-refractivity contribution < 1.29 is 0 Å². The van der Waals surface area contributed by atoms with Crippen LogP contribution in [0.2, 0.25) is 0 Å². The van der Waals surface area contributed by atoms with E-state index in [-0.39, 0.29) is 0 Å². The van der Waals surface area contributed by atoms with Gasteiger partial charge in [0.2, 0.25) is 0 Å². The van der Waals surface area contributed by atoms with E-state index in [4.69, 9.17) is 5.73 Å². The van der Waals surface area contributed by atoms with Gasteiger partial charge in [-0.15, -0.1) is 0 Å². The fourth-order valence-corrected chi connectivity index (χ4v) is 2.22. The number of rotatable bonds is 4. The van der Waals surface area contributed by atoms with Gasteiger partial charge >= 0.3 is 0 Å². The molecule has 0 amide bonds. The van der Waals surface area contributed by atoms with Crippen LogP contribution in [0.25, 0.3) is 0 Å². The molecule has 94 valence electrons. The summed E-state index contributed by atoms with van der Waals surface area (Å²) in [7, 11) is 0. The van der Waals surface area contributed by atoms with Crippen LogP contribution in [-0.4, -0.2) is 28.5 Å². The van der Waals surface area contributed by atoms with Crippen LogP contribution in [0.4, 0.5) is 0 Å². The zero-order chi connectivity index (χ0) is 11.9. The standard InChI is InChI=1S/C12H21N5/c13-12(17-10-4-2-1-3-5-10)16-7-6-11-14-8-9-15-11/h8-10H,1-7H2,(H,14,15)(H3,13,16,17). The van der Waals surface area contributed by atoms with Gasteiger partial charge in [0.15, 0.2) is 5.96 Å². The molecule has 2 rings (SSSR count). The number of imidazole rings is 1. The molecule has 4 N–H and O–H groups in total. The molecule has 0 bridgehead atoms. The third kappa shape index (κ3) is 4.09. The molecule has 1 aliphatic carbocycles. The summed E-state index contributed by atoms with van der Waals surface area (Å²) in [5.41, 5.74) is 5.85. The lowest BCUT2D eigenvalue weighted by Gasteiger charge is -2.23. The summed E-state index contributed by atoms with van der Waals surface area (Å²) in [6, 6.07) is 0.524. The first-order valence-corrected chi connectivity index (χ1v) is 6.39. The van der Waals surface area contributed by atoms with Crippen molar-refractivity contribution in [3.8, 4) is 0 Å². The Bertz CT molecular complexity index is 338. The quantitative estimate of drug-likeness (QED) is 0.542. The van der Waals surface area contributed by atoms with E-state index in [1.54, 1.807) is 6.20 Å². The van der Waals surface area contributed by atoms with Crippen LogP contribution < -0.4 is 11.1 Å².